The summed E-state index contributed by atoms with van der Waals surface area (Å²) < 4.78 is 6.98. The molecular weight excluding hydrogens is 677 g/mol. The first-order valence-electron chi connectivity index (χ1n) is 19.5. The first kappa shape index (κ1) is 30.1. The Morgan fingerprint density at radius 2 is 0.768 bits per heavy atom. The normalized spacial score (nSPS) is 13.5. The van der Waals surface area contributed by atoms with Crippen LogP contribution in [0.15, 0.2) is 199 Å². The second-order valence-electron chi connectivity index (χ2n) is 15.5. The maximum Gasteiger partial charge on any atom is 0.136 e. The van der Waals surface area contributed by atoms with Crippen molar-refractivity contribution in [1.29, 1.82) is 0 Å². The second-order valence-corrected chi connectivity index (χ2v) is 15.5. The van der Waals surface area contributed by atoms with Crippen LogP contribution in [0.4, 0.5) is 0 Å². The van der Waals surface area contributed by atoms with E-state index < -0.39 is 5.41 Å². The monoisotopic (exact) mass is 708 g/mol. The third-order valence-electron chi connectivity index (χ3n) is 12.9. The lowest BCUT2D eigenvalue weighted by Crippen LogP contribution is -2.25. The summed E-state index contributed by atoms with van der Waals surface area (Å²) in [7, 11) is 0. The summed E-state index contributed by atoms with van der Waals surface area (Å²) in [4.78, 5) is 0. The third-order valence-corrected chi connectivity index (χ3v) is 12.9. The van der Waals surface area contributed by atoms with Gasteiger partial charge in [-0.05, 0) is 123 Å². The predicted octanol–water partition coefficient (Wildman–Crippen LogP) is 14.7. The Morgan fingerprint density at radius 3 is 1.41 bits per heavy atom. The Hall–Kier alpha value is -7.22. The molecule has 2 aliphatic rings. The highest BCUT2D eigenvalue weighted by Gasteiger charge is 2.51. The molecule has 1 heterocycles. The summed E-state index contributed by atoms with van der Waals surface area (Å²) in [5.74, 6) is 0. The summed E-state index contributed by atoms with van der Waals surface area (Å²) in [6.07, 6.45) is 0. The van der Waals surface area contributed by atoms with Gasteiger partial charge in [-0.2, -0.15) is 0 Å². The summed E-state index contributed by atoms with van der Waals surface area (Å²) in [5, 5.41) is 9.78. The molecule has 0 atom stereocenters. The number of rotatable bonds is 2. The highest BCUT2D eigenvalue weighted by molar-refractivity contribution is 6.24. The summed E-state index contributed by atoms with van der Waals surface area (Å²) >= 11 is 0. The van der Waals surface area contributed by atoms with Crippen molar-refractivity contribution in [2.75, 3.05) is 0 Å². The Morgan fingerprint density at radius 1 is 0.286 bits per heavy atom. The largest absolute Gasteiger partial charge is 0.456 e. The molecule has 1 spiro atoms. The van der Waals surface area contributed by atoms with Crippen LogP contribution in [0.25, 0.3) is 98.8 Å². The lowest BCUT2D eigenvalue weighted by Gasteiger charge is -2.30. The topological polar surface area (TPSA) is 13.1 Å². The van der Waals surface area contributed by atoms with Gasteiger partial charge in [-0.25, -0.2) is 0 Å². The van der Waals surface area contributed by atoms with Gasteiger partial charge in [0.2, 0.25) is 0 Å². The van der Waals surface area contributed by atoms with E-state index in [2.05, 4.69) is 194 Å². The molecule has 2 aliphatic carbocycles. The van der Waals surface area contributed by atoms with Crippen molar-refractivity contribution in [2.24, 2.45) is 0 Å². The summed E-state index contributed by atoms with van der Waals surface area (Å²) in [6.45, 7) is 0. The SMILES string of the molecule is c1ccc2c(c1)-c1ccccc1C21c2ccccc2-c2cc3c(cc21)oc1cc(-c2c4ccccc4c(-c4cccc5ccccc45)c4ccccc24)ccc13. The first-order valence-corrected chi connectivity index (χ1v) is 19.5. The van der Waals surface area contributed by atoms with Crippen LogP contribution in [-0.4, -0.2) is 0 Å². The number of hydrogen-bond donors (Lipinski definition) is 0. The molecule has 0 saturated heterocycles. The summed E-state index contributed by atoms with van der Waals surface area (Å²) in [5.41, 5.74) is 16.9. The van der Waals surface area contributed by atoms with E-state index in [-0.39, 0.29) is 0 Å². The zero-order valence-electron chi connectivity index (χ0n) is 30.4. The van der Waals surface area contributed by atoms with Crippen LogP contribution in [0.2, 0.25) is 0 Å². The van der Waals surface area contributed by atoms with Crippen LogP contribution in [0, 0.1) is 0 Å². The zero-order valence-corrected chi connectivity index (χ0v) is 30.4. The predicted molar refractivity (Wildman–Crippen MR) is 233 cm³/mol. The minimum atomic E-state index is -0.402. The molecule has 1 nitrogen and oxygen atoms in total. The van der Waals surface area contributed by atoms with Crippen LogP contribution in [0.5, 0.6) is 0 Å². The molecule has 1 aromatic heterocycles. The zero-order chi connectivity index (χ0) is 36.5. The van der Waals surface area contributed by atoms with Crippen molar-refractivity contribution >= 4 is 54.3 Å². The van der Waals surface area contributed by atoms with Gasteiger partial charge in [-0.1, -0.05) is 170 Å². The Bertz CT molecular complexity index is 3380. The van der Waals surface area contributed by atoms with Crippen molar-refractivity contribution in [1.82, 2.24) is 0 Å². The molecule has 0 bridgehead atoms. The highest BCUT2D eigenvalue weighted by atomic mass is 16.3. The lowest BCUT2D eigenvalue weighted by atomic mass is 9.70. The molecule has 0 unspecified atom stereocenters. The molecular formula is C55H32O. The molecule has 0 fully saturated rings. The maximum absolute atomic E-state index is 6.98. The standard InChI is InChI=1S/C55H32O/c1-2-16-35-33(14-1)15-13-24-40(35)54-43-22-5-3-20-41(43)53(42-21-4-6-23-44(42)54)34-28-29-39-46-31-45-38-19-9-12-27-49(38)55(50(45)32-52(46)56-51(39)30-34)47-25-10-7-17-36(47)37-18-8-11-26-48(37)55/h1-32H. The number of fused-ring (bicyclic) bond motifs is 16. The molecule has 0 aliphatic heterocycles. The fourth-order valence-corrected chi connectivity index (χ4v) is 10.7. The van der Waals surface area contributed by atoms with E-state index in [1.807, 2.05) is 0 Å². The maximum atomic E-state index is 6.98. The quantitative estimate of drug-likeness (QED) is 0.163. The smallest absolute Gasteiger partial charge is 0.136 e. The van der Waals surface area contributed by atoms with Gasteiger partial charge in [0.25, 0.3) is 0 Å². The van der Waals surface area contributed by atoms with E-state index in [1.165, 1.54) is 93.5 Å². The van der Waals surface area contributed by atoms with Crippen molar-refractivity contribution in [3.63, 3.8) is 0 Å². The molecule has 13 rings (SSSR count). The van der Waals surface area contributed by atoms with E-state index in [1.54, 1.807) is 0 Å². The van der Waals surface area contributed by atoms with Crippen LogP contribution in [-0.2, 0) is 5.41 Å². The van der Waals surface area contributed by atoms with E-state index >= 15 is 0 Å². The molecule has 258 valence electrons. The van der Waals surface area contributed by atoms with Gasteiger partial charge in [-0.3, -0.25) is 0 Å². The van der Waals surface area contributed by atoms with Crippen LogP contribution >= 0.6 is 0 Å². The second kappa shape index (κ2) is 10.9. The molecule has 56 heavy (non-hydrogen) atoms. The van der Waals surface area contributed by atoms with E-state index in [0.29, 0.717) is 0 Å². The Balaban J connectivity index is 1.06. The van der Waals surface area contributed by atoms with Crippen molar-refractivity contribution in [2.45, 2.75) is 5.41 Å². The van der Waals surface area contributed by atoms with Crippen molar-refractivity contribution in [3.8, 4) is 44.5 Å². The van der Waals surface area contributed by atoms with Gasteiger partial charge in [-0.15, -0.1) is 0 Å². The minimum Gasteiger partial charge on any atom is -0.456 e. The van der Waals surface area contributed by atoms with Crippen molar-refractivity contribution in [3.05, 3.63) is 216 Å². The number of hydrogen-bond acceptors (Lipinski definition) is 1. The van der Waals surface area contributed by atoms with Gasteiger partial charge in [0.1, 0.15) is 11.2 Å². The van der Waals surface area contributed by atoms with E-state index in [0.717, 1.165) is 27.5 Å². The lowest BCUT2D eigenvalue weighted by molar-refractivity contribution is 0.666. The van der Waals surface area contributed by atoms with Crippen LogP contribution in [0.1, 0.15) is 22.3 Å². The molecule has 0 amide bonds. The fourth-order valence-electron chi connectivity index (χ4n) is 10.7. The van der Waals surface area contributed by atoms with E-state index in [9.17, 15) is 0 Å². The summed E-state index contributed by atoms with van der Waals surface area (Å²) in [6, 6.07) is 71.8. The van der Waals surface area contributed by atoms with Gasteiger partial charge in [0.15, 0.2) is 0 Å². The number of furan rings is 1. The van der Waals surface area contributed by atoms with E-state index in [4.69, 9.17) is 4.42 Å². The molecule has 0 N–H and O–H groups in total. The third kappa shape index (κ3) is 3.75. The molecule has 1 heteroatoms. The van der Waals surface area contributed by atoms with Gasteiger partial charge >= 0.3 is 0 Å². The molecule has 0 radical (unpaired) electrons. The number of benzene rings is 10. The average molecular weight is 709 g/mol. The molecule has 11 aromatic rings. The van der Waals surface area contributed by atoms with Crippen molar-refractivity contribution < 1.29 is 4.42 Å². The Kier molecular flexibility index (Phi) is 5.89. The van der Waals surface area contributed by atoms with Gasteiger partial charge in [0, 0.05) is 10.8 Å². The van der Waals surface area contributed by atoms with Crippen LogP contribution < -0.4 is 0 Å². The Labute approximate surface area is 323 Å². The van der Waals surface area contributed by atoms with Crippen LogP contribution in [0.3, 0.4) is 0 Å². The highest BCUT2D eigenvalue weighted by Crippen LogP contribution is 2.63. The minimum absolute atomic E-state index is 0.402. The van der Waals surface area contributed by atoms with Gasteiger partial charge < -0.3 is 4.42 Å². The average Bonchev–Trinajstić information content (AvgIpc) is 3.87. The fraction of sp³-hybridized carbons (Fsp3) is 0.0182. The van der Waals surface area contributed by atoms with Gasteiger partial charge in [0.05, 0.1) is 5.41 Å². The first-order chi connectivity index (χ1) is 27.8. The molecule has 10 aromatic carbocycles. The molecule has 0 saturated carbocycles.